The van der Waals surface area contributed by atoms with Gasteiger partial charge in [0.1, 0.15) is 11.5 Å². The molecule has 0 fully saturated rings. The summed E-state index contributed by atoms with van der Waals surface area (Å²) in [6, 6.07) is 22.7. The molecule has 0 saturated carbocycles. The number of carbonyl (C=O) groups excluding carboxylic acids is 2. The molecule has 0 N–H and O–H groups in total. The fourth-order valence-electron chi connectivity index (χ4n) is 4.49. The van der Waals surface area contributed by atoms with Crippen LogP contribution in [0.25, 0.3) is 11.8 Å². The van der Waals surface area contributed by atoms with Crippen molar-refractivity contribution in [3.63, 3.8) is 0 Å². The van der Waals surface area contributed by atoms with Crippen molar-refractivity contribution in [2.24, 2.45) is 4.99 Å². The summed E-state index contributed by atoms with van der Waals surface area (Å²) in [5.74, 6) is 0.114. The zero-order chi connectivity index (χ0) is 28.2. The summed E-state index contributed by atoms with van der Waals surface area (Å²) >= 11 is 1.24. The van der Waals surface area contributed by atoms with Crippen LogP contribution in [-0.2, 0) is 14.3 Å². The highest BCUT2D eigenvalue weighted by molar-refractivity contribution is 7.07. The van der Waals surface area contributed by atoms with E-state index in [1.54, 1.807) is 61.1 Å². The molecule has 0 radical (unpaired) electrons. The van der Waals surface area contributed by atoms with Gasteiger partial charge in [0.25, 0.3) is 5.56 Å². The number of hydrogen-bond acceptors (Lipinski definition) is 8. The normalized spacial score (nSPS) is 14.8. The van der Waals surface area contributed by atoms with Crippen molar-refractivity contribution in [3.05, 3.63) is 121 Å². The molecule has 202 valence electrons. The highest BCUT2D eigenvalue weighted by atomic mass is 32.1. The molecule has 40 heavy (non-hydrogen) atoms. The topological polar surface area (TPSA) is 96.2 Å². The van der Waals surface area contributed by atoms with Gasteiger partial charge in [-0.2, -0.15) is 0 Å². The van der Waals surface area contributed by atoms with Crippen LogP contribution in [0.2, 0.25) is 0 Å². The maximum absolute atomic E-state index is 13.9. The molecule has 0 bridgehead atoms. The molecule has 1 atom stereocenters. The summed E-state index contributed by atoms with van der Waals surface area (Å²) in [4.78, 5) is 44.0. The SMILES string of the molecule is CCOC(=O)C1=C(c2ccccc2)N=c2s/c(=C\c3ccc(OC(C)=O)cc3)c(=O)n2[C@H]1c1ccc(OC)cc1. The van der Waals surface area contributed by atoms with Gasteiger partial charge in [-0.05, 0) is 48.4 Å². The molecule has 4 aromatic rings. The molecular weight excluding hydrogens is 528 g/mol. The van der Waals surface area contributed by atoms with Crippen LogP contribution in [0.3, 0.4) is 0 Å². The average molecular weight is 555 g/mol. The Kier molecular flexibility index (Phi) is 7.75. The van der Waals surface area contributed by atoms with Gasteiger partial charge in [0.05, 0.1) is 35.6 Å². The van der Waals surface area contributed by atoms with Gasteiger partial charge in [-0.25, -0.2) is 9.79 Å². The van der Waals surface area contributed by atoms with Crippen molar-refractivity contribution in [2.45, 2.75) is 19.9 Å². The third-order valence-electron chi connectivity index (χ3n) is 6.24. The van der Waals surface area contributed by atoms with Crippen LogP contribution in [0.5, 0.6) is 11.5 Å². The molecule has 0 spiro atoms. The maximum atomic E-state index is 13.9. The average Bonchev–Trinajstić information content (AvgIpc) is 3.27. The Morgan fingerprint density at radius 1 is 0.975 bits per heavy atom. The number of methoxy groups -OCH3 is 1. The minimum absolute atomic E-state index is 0.174. The molecule has 0 saturated heterocycles. The molecule has 1 aliphatic rings. The van der Waals surface area contributed by atoms with Gasteiger partial charge in [-0.3, -0.25) is 14.2 Å². The highest BCUT2D eigenvalue weighted by Gasteiger charge is 2.35. The second-order valence-corrected chi connectivity index (χ2v) is 9.88. The van der Waals surface area contributed by atoms with E-state index in [4.69, 9.17) is 19.2 Å². The number of thiazole rings is 1. The molecule has 9 heteroatoms. The molecule has 0 unspecified atom stereocenters. The second kappa shape index (κ2) is 11.5. The fraction of sp³-hybridized carbons (Fsp3) is 0.161. The van der Waals surface area contributed by atoms with E-state index in [1.807, 2.05) is 42.5 Å². The first-order chi connectivity index (χ1) is 19.4. The van der Waals surface area contributed by atoms with Crippen molar-refractivity contribution >= 4 is 35.0 Å². The molecule has 8 nitrogen and oxygen atoms in total. The Hall–Kier alpha value is -4.76. The highest BCUT2D eigenvalue weighted by Crippen LogP contribution is 2.35. The lowest BCUT2D eigenvalue weighted by Crippen LogP contribution is -2.40. The summed E-state index contributed by atoms with van der Waals surface area (Å²) in [5, 5.41) is 0. The minimum Gasteiger partial charge on any atom is -0.497 e. The largest absolute Gasteiger partial charge is 0.497 e. The van der Waals surface area contributed by atoms with Crippen LogP contribution in [0.15, 0.2) is 94.2 Å². The summed E-state index contributed by atoms with van der Waals surface area (Å²) in [6.45, 7) is 3.25. The lowest BCUT2D eigenvalue weighted by molar-refractivity contribution is -0.139. The van der Waals surface area contributed by atoms with Gasteiger partial charge in [0.15, 0.2) is 4.80 Å². The predicted octanol–water partition coefficient (Wildman–Crippen LogP) is 3.87. The Bertz CT molecular complexity index is 1770. The number of ether oxygens (including phenoxy) is 3. The fourth-order valence-corrected chi connectivity index (χ4v) is 5.49. The van der Waals surface area contributed by atoms with Gasteiger partial charge in [0, 0.05) is 12.5 Å². The zero-order valence-corrected chi connectivity index (χ0v) is 22.9. The number of rotatable bonds is 7. The van der Waals surface area contributed by atoms with E-state index in [0.29, 0.717) is 32.1 Å². The lowest BCUT2D eigenvalue weighted by Gasteiger charge is -2.26. The molecule has 5 rings (SSSR count). The Morgan fingerprint density at radius 2 is 1.65 bits per heavy atom. The minimum atomic E-state index is -0.773. The Balaban J connectivity index is 1.74. The summed E-state index contributed by atoms with van der Waals surface area (Å²) in [5.41, 5.74) is 2.65. The number of hydrogen-bond donors (Lipinski definition) is 0. The van der Waals surface area contributed by atoms with Crippen molar-refractivity contribution < 1.29 is 23.8 Å². The van der Waals surface area contributed by atoms with Crippen molar-refractivity contribution in [2.75, 3.05) is 13.7 Å². The second-order valence-electron chi connectivity index (χ2n) is 8.87. The van der Waals surface area contributed by atoms with Gasteiger partial charge < -0.3 is 14.2 Å². The lowest BCUT2D eigenvalue weighted by atomic mass is 9.93. The van der Waals surface area contributed by atoms with E-state index >= 15 is 0 Å². The molecule has 0 aliphatic carbocycles. The standard InChI is InChI=1S/C31H26N2O6S/c1-4-38-30(36)26-27(21-8-6-5-7-9-21)32-31-33(28(26)22-12-16-23(37-3)17-13-22)29(35)25(40-31)18-20-10-14-24(15-11-20)39-19(2)34/h5-18,28H,4H2,1-3H3/b25-18-/t28-/m0/s1. The molecule has 1 aromatic heterocycles. The van der Waals surface area contributed by atoms with Crippen molar-refractivity contribution in [1.82, 2.24) is 4.57 Å². The first-order valence-corrected chi connectivity index (χ1v) is 13.4. The van der Waals surface area contributed by atoms with Gasteiger partial charge in [0.2, 0.25) is 0 Å². The molecular formula is C31H26N2O6S. The van der Waals surface area contributed by atoms with Crippen LogP contribution in [0.4, 0.5) is 0 Å². The monoisotopic (exact) mass is 554 g/mol. The number of benzene rings is 3. The smallest absolute Gasteiger partial charge is 0.338 e. The van der Waals surface area contributed by atoms with Crippen LogP contribution < -0.4 is 24.4 Å². The third kappa shape index (κ3) is 5.37. The zero-order valence-electron chi connectivity index (χ0n) is 22.1. The van der Waals surface area contributed by atoms with Crippen LogP contribution in [0, 0.1) is 0 Å². The predicted molar refractivity (Wildman–Crippen MR) is 152 cm³/mol. The first-order valence-electron chi connectivity index (χ1n) is 12.6. The molecule has 3 aromatic carbocycles. The molecule has 0 amide bonds. The van der Waals surface area contributed by atoms with Gasteiger partial charge in [-0.1, -0.05) is 65.9 Å². The van der Waals surface area contributed by atoms with E-state index in [2.05, 4.69) is 0 Å². The van der Waals surface area contributed by atoms with Crippen molar-refractivity contribution in [1.29, 1.82) is 0 Å². The van der Waals surface area contributed by atoms with Crippen LogP contribution in [-0.4, -0.2) is 30.2 Å². The number of nitrogens with zero attached hydrogens (tertiary/aromatic N) is 2. The van der Waals surface area contributed by atoms with E-state index < -0.39 is 18.0 Å². The van der Waals surface area contributed by atoms with Crippen molar-refractivity contribution in [3.8, 4) is 11.5 Å². The summed E-state index contributed by atoms with van der Waals surface area (Å²) in [6.07, 6.45) is 1.75. The van der Waals surface area contributed by atoms with Gasteiger partial charge in [-0.15, -0.1) is 0 Å². The van der Waals surface area contributed by atoms with Crippen LogP contribution in [0.1, 0.15) is 36.6 Å². The number of esters is 2. The maximum Gasteiger partial charge on any atom is 0.338 e. The summed E-state index contributed by atoms with van der Waals surface area (Å²) in [7, 11) is 1.58. The Labute approximate surface area is 234 Å². The number of aromatic nitrogens is 1. The quantitative estimate of drug-likeness (QED) is 0.254. The summed E-state index contributed by atoms with van der Waals surface area (Å²) < 4.78 is 17.9. The number of carbonyl (C=O) groups is 2. The van der Waals surface area contributed by atoms with E-state index in [-0.39, 0.29) is 17.7 Å². The van der Waals surface area contributed by atoms with Gasteiger partial charge >= 0.3 is 11.9 Å². The van der Waals surface area contributed by atoms with Crippen LogP contribution >= 0.6 is 11.3 Å². The molecule has 2 heterocycles. The van der Waals surface area contributed by atoms with E-state index in [1.165, 1.54) is 18.3 Å². The molecule has 1 aliphatic heterocycles. The first kappa shape index (κ1) is 26.8. The van der Waals surface area contributed by atoms with E-state index in [0.717, 1.165) is 11.1 Å². The number of fused-ring (bicyclic) bond motifs is 1. The Morgan fingerprint density at radius 3 is 2.27 bits per heavy atom. The van der Waals surface area contributed by atoms with E-state index in [9.17, 15) is 14.4 Å². The third-order valence-corrected chi connectivity index (χ3v) is 7.23.